The van der Waals surface area contributed by atoms with Crippen molar-refractivity contribution in [3.63, 3.8) is 0 Å². The van der Waals surface area contributed by atoms with Crippen LogP contribution in [0.25, 0.3) is 0 Å². The summed E-state index contributed by atoms with van der Waals surface area (Å²) in [7, 11) is 0. The predicted octanol–water partition coefficient (Wildman–Crippen LogP) is 2.52. The van der Waals surface area contributed by atoms with Gasteiger partial charge in [-0.3, -0.25) is 9.59 Å². The molecule has 6 nitrogen and oxygen atoms in total. The number of benzene rings is 1. The minimum Gasteiger partial charge on any atom is -0.478 e. The van der Waals surface area contributed by atoms with Gasteiger partial charge >= 0.3 is 5.97 Å². The van der Waals surface area contributed by atoms with E-state index in [1.807, 2.05) is 11.4 Å². The molecule has 0 aliphatic carbocycles. The second-order valence-electron chi connectivity index (χ2n) is 5.74. The summed E-state index contributed by atoms with van der Waals surface area (Å²) in [6.07, 6.45) is 0. The normalized spacial score (nSPS) is 14.3. The Labute approximate surface area is 159 Å². The summed E-state index contributed by atoms with van der Waals surface area (Å²) in [5.41, 5.74) is 0.205. The van der Waals surface area contributed by atoms with Gasteiger partial charge in [-0.05, 0) is 23.6 Å². The molecule has 2 amide bonds. The first kappa shape index (κ1) is 18.5. The van der Waals surface area contributed by atoms with E-state index in [1.165, 1.54) is 29.2 Å². The van der Waals surface area contributed by atoms with Crippen molar-refractivity contribution in [3.8, 4) is 0 Å². The van der Waals surface area contributed by atoms with E-state index >= 15 is 0 Å². The highest BCUT2D eigenvalue weighted by atomic mass is 32.2. The summed E-state index contributed by atoms with van der Waals surface area (Å²) >= 11 is 2.65. The standard InChI is InChI=1S/C18H18N2O4S2/c21-16(12-26-14-5-2-1-4-13(14)18(23)24)19-7-9-20(10-8-19)17(22)15-6-3-11-25-15/h1-6,11H,7-10,12H2,(H,23,24). The van der Waals surface area contributed by atoms with Crippen molar-refractivity contribution in [2.45, 2.75) is 4.90 Å². The number of amides is 2. The van der Waals surface area contributed by atoms with E-state index in [1.54, 1.807) is 34.1 Å². The van der Waals surface area contributed by atoms with E-state index in [9.17, 15) is 19.5 Å². The average molecular weight is 390 g/mol. The maximum Gasteiger partial charge on any atom is 0.336 e. The molecule has 2 aromatic rings. The molecular formula is C18H18N2O4S2. The van der Waals surface area contributed by atoms with Crippen LogP contribution < -0.4 is 0 Å². The van der Waals surface area contributed by atoms with Crippen LogP contribution in [-0.2, 0) is 4.79 Å². The van der Waals surface area contributed by atoms with Gasteiger partial charge in [0.15, 0.2) is 0 Å². The molecule has 136 valence electrons. The molecule has 26 heavy (non-hydrogen) atoms. The maximum absolute atomic E-state index is 12.4. The van der Waals surface area contributed by atoms with Gasteiger partial charge in [-0.15, -0.1) is 23.1 Å². The fourth-order valence-electron chi connectivity index (χ4n) is 2.71. The number of thioether (sulfide) groups is 1. The van der Waals surface area contributed by atoms with Crippen molar-refractivity contribution in [3.05, 3.63) is 52.2 Å². The number of thiophene rings is 1. The smallest absolute Gasteiger partial charge is 0.336 e. The highest BCUT2D eigenvalue weighted by Crippen LogP contribution is 2.23. The van der Waals surface area contributed by atoms with Crippen LogP contribution in [0.5, 0.6) is 0 Å². The molecule has 0 bridgehead atoms. The molecule has 0 spiro atoms. The second-order valence-corrected chi connectivity index (χ2v) is 7.71. The summed E-state index contributed by atoms with van der Waals surface area (Å²) in [5, 5.41) is 11.1. The summed E-state index contributed by atoms with van der Waals surface area (Å²) in [5.74, 6) is -0.847. The molecule has 0 unspecified atom stereocenters. The number of carboxylic acids is 1. The molecule has 0 radical (unpaired) electrons. The highest BCUT2D eigenvalue weighted by Gasteiger charge is 2.25. The Morgan fingerprint density at radius 1 is 1.00 bits per heavy atom. The van der Waals surface area contributed by atoms with Gasteiger partial charge in [-0.25, -0.2) is 4.79 Å². The lowest BCUT2D eigenvalue weighted by Gasteiger charge is -2.34. The van der Waals surface area contributed by atoms with E-state index < -0.39 is 5.97 Å². The zero-order valence-electron chi connectivity index (χ0n) is 14.0. The van der Waals surface area contributed by atoms with Crippen LogP contribution in [-0.4, -0.2) is 64.6 Å². The lowest BCUT2D eigenvalue weighted by Crippen LogP contribution is -2.51. The number of rotatable bonds is 5. The molecule has 8 heteroatoms. The number of aromatic carboxylic acids is 1. The zero-order valence-corrected chi connectivity index (χ0v) is 15.6. The molecule has 2 heterocycles. The number of hydrogen-bond donors (Lipinski definition) is 1. The first-order chi connectivity index (χ1) is 12.6. The Bertz CT molecular complexity index is 799. The monoisotopic (exact) mass is 390 g/mol. The summed E-state index contributed by atoms with van der Waals surface area (Å²) in [4.78, 5) is 40.8. The molecule has 1 aromatic heterocycles. The number of nitrogens with zero attached hydrogens (tertiary/aromatic N) is 2. The van der Waals surface area contributed by atoms with Crippen LogP contribution >= 0.6 is 23.1 Å². The quantitative estimate of drug-likeness (QED) is 0.794. The number of piperazine rings is 1. The molecule has 1 saturated heterocycles. The summed E-state index contributed by atoms with van der Waals surface area (Å²) in [6, 6.07) is 10.3. The van der Waals surface area contributed by atoms with Crippen LogP contribution in [0.4, 0.5) is 0 Å². The number of carbonyl (C=O) groups is 3. The Balaban J connectivity index is 1.51. The molecule has 1 aromatic carbocycles. The van der Waals surface area contributed by atoms with E-state index in [4.69, 9.17) is 0 Å². The van der Waals surface area contributed by atoms with Crippen LogP contribution in [0.15, 0.2) is 46.7 Å². The largest absolute Gasteiger partial charge is 0.478 e. The predicted molar refractivity (Wildman–Crippen MR) is 101 cm³/mol. The first-order valence-corrected chi connectivity index (χ1v) is 9.98. The third-order valence-corrected chi connectivity index (χ3v) is 6.04. The number of carbonyl (C=O) groups excluding carboxylic acids is 2. The van der Waals surface area contributed by atoms with Crippen molar-refractivity contribution < 1.29 is 19.5 Å². The highest BCUT2D eigenvalue weighted by molar-refractivity contribution is 8.00. The van der Waals surface area contributed by atoms with Crippen molar-refractivity contribution in [1.29, 1.82) is 0 Å². The van der Waals surface area contributed by atoms with E-state index in [2.05, 4.69) is 0 Å². The zero-order chi connectivity index (χ0) is 18.5. The van der Waals surface area contributed by atoms with Gasteiger partial charge in [0.25, 0.3) is 5.91 Å². The second kappa shape index (κ2) is 8.37. The Hall–Kier alpha value is -2.32. The Kier molecular flexibility index (Phi) is 5.95. The maximum atomic E-state index is 12.4. The van der Waals surface area contributed by atoms with Gasteiger partial charge in [0.05, 0.1) is 16.2 Å². The topological polar surface area (TPSA) is 77.9 Å². The molecule has 1 aliphatic heterocycles. The molecule has 1 N–H and O–H groups in total. The fourth-order valence-corrected chi connectivity index (χ4v) is 4.35. The van der Waals surface area contributed by atoms with Crippen LogP contribution in [0, 0.1) is 0 Å². The van der Waals surface area contributed by atoms with Crippen molar-refractivity contribution in [2.24, 2.45) is 0 Å². The lowest BCUT2D eigenvalue weighted by atomic mass is 10.2. The van der Waals surface area contributed by atoms with Gasteiger partial charge in [0.1, 0.15) is 0 Å². The van der Waals surface area contributed by atoms with E-state index in [0.29, 0.717) is 36.0 Å². The fraction of sp³-hybridized carbons (Fsp3) is 0.278. The Morgan fingerprint density at radius 2 is 1.69 bits per heavy atom. The molecule has 0 atom stereocenters. The number of hydrogen-bond acceptors (Lipinski definition) is 5. The first-order valence-electron chi connectivity index (χ1n) is 8.12. The Morgan fingerprint density at radius 3 is 2.35 bits per heavy atom. The minimum atomic E-state index is -0.999. The van der Waals surface area contributed by atoms with Gasteiger partial charge in [0.2, 0.25) is 5.91 Å². The lowest BCUT2D eigenvalue weighted by molar-refractivity contribution is -0.129. The molecule has 1 aliphatic rings. The SMILES string of the molecule is O=C(O)c1ccccc1SCC(=O)N1CCN(C(=O)c2cccs2)CC1. The average Bonchev–Trinajstić information content (AvgIpc) is 3.20. The van der Waals surface area contributed by atoms with Crippen LogP contribution in [0.1, 0.15) is 20.0 Å². The minimum absolute atomic E-state index is 0.0110. The summed E-state index contributed by atoms with van der Waals surface area (Å²) in [6.45, 7) is 2.02. The molecule has 3 rings (SSSR count). The number of carboxylic acid groups (broad SMARTS) is 1. The van der Waals surface area contributed by atoms with Gasteiger partial charge in [-0.1, -0.05) is 18.2 Å². The van der Waals surface area contributed by atoms with Crippen molar-refractivity contribution in [1.82, 2.24) is 9.80 Å². The third kappa shape index (κ3) is 4.25. The van der Waals surface area contributed by atoms with Crippen molar-refractivity contribution in [2.75, 3.05) is 31.9 Å². The van der Waals surface area contributed by atoms with Gasteiger partial charge in [0, 0.05) is 31.1 Å². The van der Waals surface area contributed by atoms with Crippen molar-refractivity contribution >= 4 is 40.9 Å². The molecular weight excluding hydrogens is 372 g/mol. The van der Waals surface area contributed by atoms with Crippen LogP contribution in [0.2, 0.25) is 0 Å². The molecule has 0 saturated carbocycles. The van der Waals surface area contributed by atoms with Gasteiger partial charge in [-0.2, -0.15) is 0 Å². The van der Waals surface area contributed by atoms with E-state index in [0.717, 1.165) is 0 Å². The third-order valence-electron chi connectivity index (χ3n) is 4.12. The summed E-state index contributed by atoms with van der Waals surface area (Å²) < 4.78 is 0. The van der Waals surface area contributed by atoms with Gasteiger partial charge < -0.3 is 14.9 Å². The van der Waals surface area contributed by atoms with E-state index in [-0.39, 0.29) is 23.1 Å². The van der Waals surface area contributed by atoms with Crippen LogP contribution in [0.3, 0.4) is 0 Å². The molecule has 1 fully saturated rings.